The van der Waals surface area contributed by atoms with Crippen LogP contribution in [0.5, 0.6) is 0 Å². The van der Waals surface area contributed by atoms with Crippen LogP contribution in [0.15, 0.2) is 29.4 Å². The van der Waals surface area contributed by atoms with E-state index in [0.29, 0.717) is 19.4 Å². The lowest BCUT2D eigenvalue weighted by Crippen LogP contribution is -2.54. The first-order valence-electron chi connectivity index (χ1n) is 8.86. The van der Waals surface area contributed by atoms with Crippen molar-refractivity contribution in [2.45, 2.75) is 36.9 Å². The first-order chi connectivity index (χ1) is 12.8. The van der Waals surface area contributed by atoms with E-state index in [0.717, 1.165) is 0 Å². The molecule has 0 aromatic carbocycles. The van der Waals surface area contributed by atoms with Crippen LogP contribution in [0.1, 0.15) is 19.8 Å². The summed E-state index contributed by atoms with van der Waals surface area (Å²) in [5.41, 5.74) is 0. The highest BCUT2D eigenvalue weighted by atomic mass is 32.2. The molecule has 0 saturated carbocycles. The van der Waals surface area contributed by atoms with Crippen LogP contribution in [0.2, 0.25) is 0 Å². The molecule has 10 heteroatoms. The third-order valence-corrected chi connectivity index (χ3v) is 6.80. The summed E-state index contributed by atoms with van der Waals surface area (Å²) in [6, 6.07) is 3.07. The number of hydrogen-bond acceptors (Lipinski definition) is 6. The molecule has 0 aliphatic carbocycles. The number of pyridine rings is 1. The lowest BCUT2D eigenvalue weighted by molar-refractivity contribution is -0.168. The summed E-state index contributed by atoms with van der Waals surface area (Å²) >= 11 is 0. The fourth-order valence-corrected chi connectivity index (χ4v) is 4.95. The Kier molecular flexibility index (Phi) is 5.78. The van der Waals surface area contributed by atoms with Gasteiger partial charge in [-0.2, -0.15) is 4.31 Å². The van der Waals surface area contributed by atoms with E-state index in [-0.39, 0.29) is 42.5 Å². The zero-order chi connectivity index (χ0) is 19.6. The van der Waals surface area contributed by atoms with Crippen LogP contribution in [0.4, 0.5) is 0 Å². The van der Waals surface area contributed by atoms with Crippen molar-refractivity contribution in [2.75, 3.05) is 26.2 Å². The van der Waals surface area contributed by atoms with Crippen molar-refractivity contribution in [3.8, 4) is 0 Å². The quantitative estimate of drug-likeness (QED) is 0.770. The number of carbonyl (C=O) groups is 2. The highest BCUT2D eigenvalue weighted by Gasteiger charge is 2.38. The molecule has 2 aliphatic heterocycles. The number of amides is 1. The molecular formula is C17H23N3O6S. The Morgan fingerprint density at radius 2 is 1.96 bits per heavy atom. The lowest BCUT2D eigenvalue weighted by Gasteiger charge is -2.38. The van der Waals surface area contributed by atoms with Gasteiger partial charge in [0.15, 0.2) is 6.10 Å². The number of hydrogen-bond donors (Lipinski definition) is 1. The normalized spacial score (nSPS) is 25.3. The fourth-order valence-electron chi connectivity index (χ4n) is 3.52. The molecule has 2 fully saturated rings. The highest BCUT2D eigenvalue weighted by Crippen LogP contribution is 2.26. The SMILES string of the molecule is C[C@@H]1CN(C(=O)C2CCN(S(=O)(=O)c3cccnc3)CC2)CC(C(=O)O)O1. The van der Waals surface area contributed by atoms with Gasteiger partial charge in [-0.1, -0.05) is 0 Å². The minimum atomic E-state index is -3.62. The Morgan fingerprint density at radius 3 is 2.56 bits per heavy atom. The Balaban J connectivity index is 1.62. The summed E-state index contributed by atoms with van der Waals surface area (Å²) in [5, 5.41) is 9.16. The molecule has 3 heterocycles. The van der Waals surface area contributed by atoms with E-state index >= 15 is 0 Å². The summed E-state index contributed by atoms with van der Waals surface area (Å²) in [4.78, 5) is 29.5. The van der Waals surface area contributed by atoms with E-state index in [4.69, 9.17) is 9.84 Å². The molecule has 148 valence electrons. The van der Waals surface area contributed by atoms with Crippen LogP contribution in [0.3, 0.4) is 0 Å². The molecule has 2 aliphatic rings. The van der Waals surface area contributed by atoms with E-state index in [1.165, 1.54) is 27.7 Å². The van der Waals surface area contributed by atoms with Crippen molar-refractivity contribution >= 4 is 21.9 Å². The van der Waals surface area contributed by atoms with Gasteiger partial charge < -0.3 is 14.7 Å². The maximum Gasteiger partial charge on any atom is 0.334 e. The van der Waals surface area contributed by atoms with Gasteiger partial charge in [0.25, 0.3) is 0 Å². The topological polar surface area (TPSA) is 117 Å². The van der Waals surface area contributed by atoms with Gasteiger partial charge in [0.05, 0.1) is 12.6 Å². The molecule has 1 aromatic heterocycles. The molecule has 3 rings (SSSR count). The maximum atomic E-state index is 12.8. The fraction of sp³-hybridized carbons (Fsp3) is 0.588. The third-order valence-electron chi connectivity index (χ3n) is 4.92. The van der Waals surface area contributed by atoms with Crippen molar-refractivity contribution in [1.82, 2.24) is 14.2 Å². The van der Waals surface area contributed by atoms with Crippen molar-refractivity contribution < 1.29 is 27.9 Å². The summed E-state index contributed by atoms with van der Waals surface area (Å²) in [6.07, 6.45) is 2.26. The van der Waals surface area contributed by atoms with Crippen molar-refractivity contribution in [3.63, 3.8) is 0 Å². The number of sulfonamides is 1. The van der Waals surface area contributed by atoms with Gasteiger partial charge in [-0.05, 0) is 31.9 Å². The zero-order valence-corrected chi connectivity index (χ0v) is 15.8. The van der Waals surface area contributed by atoms with Crippen LogP contribution >= 0.6 is 0 Å². The number of aliphatic carboxylic acids is 1. The second-order valence-electron chi connectivity index (χ2n) is 6.88. The molecule has 1 aromatic rings. The number of rotatable bonds is 4. The highest BCUT2D eigenvalue weighted by molar-refractivity contribution is 7.89. The van der Waals surface area contributed by atoms with Gasteiger partial charge in [-0.15, -0.1) is 0 Å². The molecule has 0 radical (unpaired) electrons. The molecule has 1 amide bonds. The van der Waals surface area contributed by atoms with Gasteiger partial charge in [0.2, 0.25) is 15.9 Å². The summed E-state index contributed by atoms with van der Waals surface area (Å²) in [5.74, 6) is -1.53. The lowest BCUT2D eigenvalue weighted by atomic mass is 9.96. The molecule has 2 saturated heterocycles. The predicted molar refractivity (Wildman–Crippen MR) is 94.3 cm³/mol. The Bertz CT molecular complexity index is 792. The van der Waals surface area contributed by atoms with E-state index < -0.39 is 22.1 Å². The smallest absolute Gasteiger partial charge is 0.334 e. The number of aromatic nitrogens is 1. The Labute approximate surface area is 158 Å². The largest absolute Gasteiger partial charge is 0.479 e. The molecular weight excluding hydrogens is 374 g/mol. The van der Waals surface area contributed by atoms with Gasteiger partial charge in [0, 0.05) is 37.9 Å². The zero-order valence-electron chi connectivity index (χ0n) is 15.0. The summed E-state index contributed by atoms with van der Waals surface area (Å²) in [7, 11) is -3.62. The van der Waals surface area contributed by atoms with Crippen molar-refractivity contribution in [1.29, 1.82) is 0 Å². The predicted octanol–water partition coefficient (Wildman–Crippen LogP) is 0.183. The third kappa shape index (κ3) is 4.28. The first kappa shape index (κ1) is 19.7. The van der Waals surface area contributed by atoms with Gasteiger partial charge in [-0.25, -0.2) is 13.2 Å². The van der Waals surface area contributed by atoms with E-state index in [2.05, 4.69) is 4.98 Å². The number of ether oxygens (including phenoxy) is 1. The van der Waals surface area contributed by atoms with E-state index in [1.807, 2.05) is 0 Å². The van der Waals surface area contributed by atoms with Crippen LogP contribution in [0, 0.1) is 5.92 Å². The summed E-state index contributed by atoms with van der Waals surface area (Å²) in [6.45, 7) is 2.59. The first-order valence-corrected chi connectivity index (χ1v) is 10.3. The van der Waals surface area contributed by atoms with E-state index in [1.54, 1.807) is 13.0 Å². The van der Waals surface area contributed by atoms with Crippen LogP contribution < -0.4 is 0 Å². The minimum Gasteiger partial charge on any atom is -0.479 e. The number of nitrogens with zero attached hydrogens (tertiary/aromatic N) is 3. The van der Waals surface area contributed by atoms with Crippen LogP contribution in [0.25, 0.3) is 0 Å². The van der Waals surface area contributed by atoms with Crippen molar-refractivity contribution in [2.24, 2.45) is 5.92 Å². The Morgan fingerprint density at radius 1 is 1.26 bits per heavy atom. The average Bonchev–Trinajstić information content (AvgIpc) is 2.67. The second kappa shape index (κ2) is 7.91. The monoisotopic (exact) mass is 397 g/mol. The van der Waals surface area contributed by atoms with Gasteiger partial charge >= 0.3 is 5.97 Å². The van der Waals surface area contributed by atoms with Gasteiger partial charge in [0.1, 0.15) is 4.90 Å². The molecule has 27 heavy (non-hydrogen) atoms. The van der Waals surface area contributed by atoms with Gasteiger partial charge in [-0.3, -0.25) is 9.78 Å². The molecule has 0 bridgehead atoms. The van der Waals surface area contributed by atoms with Crippen LogP contribution in [-0.4, -0.2) is 78.0 Å². The average molecular weight is 397 g/mol. The standard InChI is InChI=1S/C17H23N3O6S/c1-12-10-19(11-15(26-12)17(22)23)16(21)13-4-7-20(8-5-13)27(24,25)14-3-2-6-18-9-14/h2-3,6,9,12-13,15H,4-5,7-8,10-11H2,1H3,(H,22,23)/t12-,15?/m1/s1. The van der Waals surface area contributed by atoms with Crippen molar-refractivity contribution in [3.05, 3.63) is 24.5 Å². The Hall–Kier alpha value is -2.04. The number of carboxylic acid groups (broad SMARTS) is 1. The van der Waals surface area contributed by atoms with E-state index in [9.17, 15) is 18.0 Å². The molecule has 1 unspecified atom stereocenters. The minimum absolute atomic E-state index is 0.0205. The summed E-state index contributed by atoms with van der Waals surface area (Å²) < 4.78 is 32.0. The molecule has 2 atom stereocenters. The number of morpholine rings is 1. The number of piperidine rings is 1. The molecule has 0 spiro atoms. The maximum absolute atomic E-state index is 12.8. The number of carbonyl (C=O) groups excluding carboxylic acids is 1. The molecule has 1 N–H and O–H groups in total. The molecule has 9 nitrogen and oxygen atoms in total. The number of carboxylic acids is 1. The second-order valence-corrected chi connectivity index (χ2v) is 8.82. The van der Waals surface area contributed by atoms with Crippen LogP contribution in [-0.2, 0) is 24.3 Å².